The summed E-state index contributed by atoms with van der Waals surface area (Å²) in [4.78, 5) is 34.2. The highest BCUT2D eigenvalue weighted by Crippen LogP contribution is 2.30. The molecule has 0 spiro atoms. The van der Waals surface area contributed by atoms with Crippen molar-refractivity contribution in [2.24, 2.45) is 5.92 Å². The molecule has 36 heavy (non-hydrogen) atoms. The maximum atomic E-state index is 13.0. The van der Waals surface area contributed by atoms with E-state index in [0.717, 1.165) is 72.2 Å². The summed E-state index contributed by atoms with van der Waals surface area (Å²) in [6, 6.07) is 13.9. The fourth-order valence-electron chi connectivity index (χ4n) is 4.54. The largest absolute Gasteiger partial charge is 0.493 e. The standard InChI is InChI=1S/C28H30N6O2/c1-33-10-12-34(13-11-33)28(35)26-16-21-14-20(4-5-23(21)31-26)15-27-30-9-7-24(32-27)25-17-22(6-8-29-25)36-18-19-2-3-19/h4-9,14,16-17,19,31H,2-3,10-13,15,18H2,1H3. The van der Waals surface area contributed by atoms with E-state index in [9.17, 15) is 4.79 Å². The predicted molar refractivity (Wildman–Crippen MR) is 138 cm³/mol. The monoisotopic (exact) mass is 482 g/mol. The van der Waals surface area contributed by atoms with Gasteiger partial charge in [-0.25, -0.2) is 9.97 Å². The summed E-state index contributed by atoms with van der Waals surface area (Å²) in [5.74, 6) is 2.31. The molecule has 1 N–H and O–H groups in total. The molecule has 4 heterocycles. The van der Waals surface area contributed by atoms with Gasteiger partial charge < -0.3 is 19.5 Å². The number of carbonyl (C=O) groups is 1. The van der Waals surface area contributed by atoms with Gasteiger partial charge >= 0.3 is 0 Å². The normalized spacial score (nSPS) is 16.4. The van der Waals surface area contributed by atoms with E-state index in [0.29, 0.717) is 18.0 Å². The molecule has 1 amide bonds. The number of aromatic amines is 1. The first kappa shape index (κ1) is 22.7. The van der Waals surface area contributed by atoms with E-state index < -0.39 is 0 Å². The maximum absolute atomic E-state index is 13.0. The molecule has 8 heteroatoms. The lowest BCUT2D eigenvalue weighted by molar-refractivity contribution is 0.0659. The molecule has 0 bridgehead atoms. The SMILES string of the molecule is CN1CCN(C(=O)c2cc3cc(Cc4nccc(-c5cc(OCC6CC6)ccn5)n4)ccc3[nH]2)CC1. The van der Waals surface area contributed by atoms with Crippen molar-refractivity contribution in [1.82, 2.24) is 29.7 Å². The molecule has 4 aromatic rings. The molecule has 6 rings (SSSR count). The van der Waals surface area contributed by atoms with Gasteiger partial charge in [-0.3, -0.25) is 9.78 Å². The Morgan fingerprint density at radius 2 is 1.83 bits per heavy atom. The van der Waals surface area contributed by atoms with Crippen LogP contribution >= 0.6 is 0 Å². The van der Waals surface area contributed by atoms with Gasteiger partial charge in [0.1, 0.15) is 17.3 Å². The zero-order chi connectivity index (χ0) is 24.5. The van der Waals surface area contributed by atoms with E-state index in [-0.39, 0.29) is 5.91 Å². The number of nitrogens with zero attached hydrogens (tertiary/aromatic N) is 5. The fourth-order valence-corrected chi connectivity index (χ4v) is 4.54. The minimum Gasteiger partial charge on any atom is -0.493 e. The van der Waals surface area contributed by atoms with Gasteiger partial charge in [0.15, 0.2) is 0 Å². The Morgan fingerprint density at radius 3 is 2.67 bits per heavy atom. The number of H-pyrrole nitrogens is 1. The first-order valence-corrected chi connectivity index (χ1v) is 12.6. The van der Waals surface area contributed by atoms with E-state index >= 15 is 0 Å². The number of hydrogen-bond donors (Lipinski definition) is 1. The minimum absolute atomic E-state index is 0.0627. The molecule has 0 atom stereocenters. The second kappa shape index (κ2) is 9.70. The number of aromatic nitrogens is 4. The van der Waals surface area contributed by atoms with Crippen molar-refractivity contribution in [3.63, 3.8) is 0 Å². The summed E-state index contributed by atoms with van der Waals surface area (Å²) >= 11 is 0. The quantitative estimate of drug-likeness (QED) is 0.431. The summed E-state index contributed by atoms with van der Waals surface area (Å²) in [7, 11) is 2.09. The third-order valence-corrected chi connectivity index (χ3v) is 6.95. The van der Waals surface area contributed by atoms with E-state index in [2.05, 4.69) is 39.0 Å². The number of pyridine rings is 1. The van der Waals surface area contributed by atoms with Gasteiger partial charge in [-0.15, -0.1) is 0 Å². The summed E-state index contributed by atoms with van der Waals surface area (Å²) in [6.45, 7) is 4.09. The number of rotatable bonds is 7. The molecule has 0 radical (unpaired) electrons. The predicted octanol–water partition coefficient (Wildman–Crippen LogP) is 3.79. The highest BCUT2D eigenvalue weighted by molar-refractivity contribution is 5.98. The van der Waals surface area contributed by atoms with E-state index in [1.165, 1.54) is 12.8 Å². The van der Waals surface area contributed by atoms with Gasteiger partial charge in [-0.1, -0.05) is 6.07 Å². The molecule has 8 nitrogen and oxygen atoms in total. The second-order valence-electron chi connectivity index (χ2n) is 9.87. The Balaban J connectivity index is 1.17. The van der Waals surface area contributed by atoms with Crippen LogP contribution in [0.1, 0.15) is 34.7 Å². The van der Waals surface area contributed by atoms with Crippen LogP contribution in [0.5, 0.6) is 5.75 Å². The molecule has 2 aliphatic rings. The number of carbonyl (C=O) groups excluding carboxylic acids is 1. The van der Waals surface area contributed by atoms with E-state index in [4.69, 9.17) is 9.72 Å². The lowest BCUT2D eigenvalue weighted by atomic mass is 10.1. The third-order valence-electron chi connectivity index (χ3n) is 6.95. The maximum Gasteiger partial charge on any atom is 0.270 e. The van der Waals surface area contributed by atoms with Crippen molar-refractivity contribution in [3.05, 3.63) is 71.9 Å². The number of hydrogen-bond acceptors (Lipinski definition) is 6. The zero-order valence-corrected chi connectivity index (χ0v) is 20.5. The van der Waals surface area contributed by atoms with E-state index in [1.54, 1.807) is 12.4 Å². The van der Waals surface area contributed by atoms with Crippen LogP contribution in [0.25, 0.3) is 22.3 Å². The molecule has 1 saturated heterocycles. The Labute approximate surface area is 210 Å². The summed E-state index contributed by atoms with van der Waals surface area (Å²) in [5, 5.41) is 1.02. The number of benzene rings is 1. The molecular formula is C28H30N6O2. The molecule has 1 aromatic carbocycles. The van der Waals surface area contributed by atoms with Crippen LogP contribution in [-0.4, -0.2) is 75.5 Å². The lowest BCUT2D eigenvalue weighted by Crippen LogP contribution is -2.47. The molecule has 1 aliphatic carbocycles. The summed E-state index contributed by atoms with van der Waals surface area (Å²) in [6.07, 6.45) is 6.65. The first-order chi connectivity index (χ1) is 17.6. The Hall–Kier alpha value is -3.78. The average Bonchev–Trinajstić information content (AvgIpc) is 3.64. The van der Waals surface area contributed by atoms with Crippen molar-refractivity contribution >= 4 is 16.8 Å². The molecule has 0 unspecified atom stereocenters. The van der Waals surface area contributed by atoms with Crippen molar-refractivity contribution in [2.75, 3.05) is 39.8 Å². The highest BCUT2D eigenvalue weighted by Gasteiger charge is 2.23. The average molecular weight is 483 g/mol. The second-order valence-corrected chi connectivity index (χ2v) is 9.87. The molecule has 2 fully saturated rings. The number of likely N-dealkylation sites (N-methyl/N-ethyl adjacent to an activating group) is 1. The van der Waals surface area contributed by atoms with Crippen LogP contribution in [0.3, 0.4) is 0 Å². The molecule has 1 aliphatic heterocycles. The van der Waals surface area contributed by atoms with Gasteiger partial charge in [0, 0.05) is 62.0 Å². The number of amides is 1. The molecular weight excluding hydrogens is 452 g/mol. The Bertz CT molecular complexity index is 1390. The van der Waals surface area contributed by atoms with Crippen LogP contribution in [0, 0.1) is 5.92 Å². The van der Waals surface area contributed by atoms with Crippen LogP contribution in [-0.2, 0) is 6.42 Å². The highest BCUT2D eigenvalue weighted by atomic mass is 16.5. The smallest absolute Gasteiger partial charge is 0.270 e. The van der Waals surface area contributed by atoms with Gasteiger partial charge in [0.25, 0.3) is 5.91 Å². The first-order valence-electron chi connectivity index (χ1n) is 12.6. The number of ether oxygens (including phenoxy) is 1. The third kappa shape index (κ3) is 5.09. The number of piperazine rings is 1. The molecule has 1 saturated carbocycles. The zero-order valence-electron chi connectivity index (χ0n) is 20.5. The lowest BCUT2D eigenvalue weighted by Gasteiger charge is -2.32. The number of nitrogens with one attached hydrogen (secondary N) is 1. The van der Waals surface area contributed by atoms with Crippen LogP contribution in [0.4, 0.5) is 0 Å². The fraction of sp³-hybridized carbons (Fsp3) is 0.357. The molecule has 3 aromatic heterocycles. The summed E-state index contributed by atoms with van der Waals surface area (Å²) in [5.41, 5.74) is 4.24. The Morgan fingerprint density at radius 1 is 1.00 bits per heavy atom. The van der Waals surface area contributed by atoms with Crippen LogP contribution < -0.4 is 4.74 Å². The van der Waals surface area contributed by atoms with Crippen molar-refractivity contribution in [2.45, 2.75) is 19.3 Å². The topological polar surface area (TPSA) is 87.2 Å². The van der Waals surface area contributed by atoms with Gasteiger partial charge in [0.2, 0.25) is 0 Å². The Kier molecular flexibility index (Phi) is 6.11. The van der Waals surface area contributed by atoms with Crippen LogP contribution in [0.15, 0.2) is 54.9 Å². The van der Waals surface area contributed by atoms with Crippen molar-refractivity contribution in [3.8, 4) is 17.1 Å². The van der Waals surface area contributed by atoms with Crippen molar-refractivity contribution < 1.29 is 9.53 Å². The van der Waals surface area contributed by atoms with Crippen molar-refractivity contribution in [1.29, 1.82) is 0 Å². The number of fused-ring (bicyclic) bond motifs is 1. The van der Waals surface area contributed by atoms with E-state index in [1.807, 2.05) is 35.2 Å². The van der Waals surface area contributed by atoms with Gasteiger partial charge in [0.05, 0.1) is 18.0 Å². The summed E-state index contributed by atoms with van der Waals surface area (Å²) < 4.78 is 5.91. The minimum atomic E-state index is 0.0627. The van der Waals surface area contributed by atoms with Gasteiger partial charge in [-0.05, 0) is 61.7 Å². The van der Waals surface area contributed by atoms with Gasteiger partial charge in [-0.2, -0.15) is 0 Å². The molecule has 184 valence electrons. The van der Waals surface area contributed by atoms with Crippen LogP contribution in [0.2, 0.25) is 0 Å².